The molecule has 2 unspecified atom stereocenters. The fourth-order valence-electron chi connectivity index (χ4n) is 5.79. The average molecular weight is 548 g/mol. The molecule has 3 aliphatic rings. The first-order chi connectivity index (χ1) is 18.7. The van der Waals surface area contributed by atoms with Crippen LogP contribution >= 0.6 is 11.8 Å². The van der Waals surface area contributed by atoms with Gasteiger partial charge in [0, 0.05) is 48.4 Å². The Labute approximate surface area is 234 Å². The van der Waals surface area contributed by atoms with Gasteiger partial charge in [0.25, 0.3) is 5.91 Å². The molecule has 2 atom stereocenters. The number of amides is 1. The van der Waals surface area contributed by atoms with Gasteiger partial charge in [-0.1, -0.05) is 36.0 Å². The van der Waals surface area contributed by atoms with E-state index in [0.717, 1.165) is 71.9 Å². The van der Waals surface area contributed by atoms with Crippen LogP contribution in [0.4, 0.5) is 0 Å². The Balaban J connectivity index is 1.21. The van der Waals surface area contributed by atoms with Crippen molar-refractivity contribution in [3.05, 3.63) is 81.2 Å². The van der Waals surface area contributed by atoms with Crippen LogP contribution in [0.3, 0.4) is 0 Å². The van der Waals surface area contributed by atoms with Gasteiger partial charge in [-0.3, -0.25) is 9.59 Å². The van der Waals surface area contributed by atoms with Crippen LogP contribution in [0.1, 0.15) is 51.9 Å². The zero-order chi connectivity index (χ0) is 27.7. The van der Waals surface area contributed by atoms with Gasteiger partial charge in [0.15, 0.2) is 0 Å². The number of benzene rings is 2. The van der Waals surface area contributed by atoms with E-state index in [1.165, 1.54) is 18.2 Å². The summed E-state index contributed by atoms with van der Waals surface area (Å²) in [4.78, 5) is 28.2. The van der Waals surface area contributed by atoms with Crippen molar-refractivity contribution in [3.8, 4) is 5.75 Å². The van der Waals surface area contributed by atoms with Crippen molar-refractivity contribution in [3.63, 3.8) is 0 Å². The number of piperidine rings is 2. The van der Waals surface area contributed by atoms with Gasteiger partial charge in [-0.25, -0.2) is 0 Å². The van der Waals surface area contributed by atoms with E-state index >= 15 is 0 Å². The second kappa shape index (κ2) is 11.4. The van der Waals surface area contributed by atoms with Crippen molar-refractivity contribution in [2.45, 2.75) is 39.7 Å². The lowest BCUT2D eigenvalue weighted by Crippen LogP contribution is -2.35. The van der Waals surface area contributed by atoms with Gasteiger partial charge in [-0.05, 0) is 80.3 Å². The number of nitrogens with two attached hydrogens (primary N) is 1. The molecular weight excluding hydrogens is 510 g/mol. The monoisotopic (exact) mass is 547 g/mol. The predicted octanol–water partition coefficient (Wildman–Crippen LogP) is 5.23. The molecule has 2 saturated heterocycles. The molecule has 2 heterocycles. The molecule has 1 amide bonds. The van der Waals surface area contributed by atoms with Crippen molar-refractivity contribution in [2.24, 2.45) is 23.5 Å². The number of aliphatic carboxylic acids is 1. The van der Waals surface area contributed by atoms with Crippen LogP contribution in [-0.4, -0.2) is 53.0 Å². The number of hydrogen-bond donors (Lipinski definition) is 2. The largest absolute Gasteiger partial charge is 0.488 e. The average Bonchev–Trinajstić information content (AvgIpc) is 3.45. The van der Waals surface area contributed by atoms with Gasteiger partial charge < -0.3 is 25.4 Å². The zero-order valence-electron chi connectivity index (χ0n) is 22.7. The Morgan fingerprint density at radius 3 is 2.46 bits per heavy atom. The third kappa shape index (κ3) is 5.96. The maximum absolute atomic E-state index is 12.9. The predicted molar refractivity (Wildman–Crippen MR) is 155 cm³/mol. The number of hydrogen-bond acceptors (Lipinski definition) is 6. The van der Waals surface area contributed by atoms with Gasteiger partial charge in [0.2, 0.25) is 0 Å². The molecule has 2 aromatic carbocycles. The Bertz CT molecular complexity index is 1300. The van der Waals surface area contributed by atoms with Crippen LogP contribution in [0.25, 0.3) is 5.70 Å². The molecule has 0 bridgehead atoms. The minimum absolute atomic E-state index is 0.107. The summed E-state index contributed by atoms with van der Waals surface area (Å²) in [6, 6.07) is 11.8. The van der Waals surface area contributed by atoms with Crippen LogP contribution in [0, 0.1) is 31.6 Å². The molecule has 5 rings (SSSR count). The highest BCUT2D eigenvalue weighted by Crippen LogP contribution is 2.53. The summed E-state index contributed by atoms with van der Waals surface area (Å²) in [5.41, 5.74) is 11.8. The summed E-state index contributed by atoms with van der Waals surface area (Å²) < 4.78 is 6.24. The second-order valence-corrected chi connectivity index (χ2v) is 11.9. The number of thioether (sulfide) groups is 1. The SMILES string of the molecule is C=C(S/C=C(\N)c1cc(C)ccc1OCc1ccc(C(=O)N2CCCCC2)cc1C)N1CC2C(C1)C2C(=O)O. The summed E-state index contributed by atoms with van der Waals surface area (Å²) in [5, 5.41) is 12.0. The first-order valence-corrected chi connectivity index (χ1v) is 14.5. The molecule has 8 heteroatoms. The third-order valence-electron chi connectivity index (χ3n) is 8.22. The lowest BCUT2D eigenvalue weighted by molar-refractivity contribution is -0.139. The standard InChI is InChI=1S/C31H37N3O4S/c1-19-7-10-28(38-17-23-9-8-22(14-20(23)2)30(35)33-11-5-4-6-12-33)24(13-19)27(32)18-39-21(3)34-15-25-26(16-34)29(25)31(36)37/h7-10,13-14,18,25-26,29H,3-6,11-12,15-17,32H2,1-2H3,(H,36,37)/b27-18-. The van der Waals surface area contributed by atoms with Crippen molar-refractivity contribution in [1.82, 2.24) is 9.80 Å². The number of ether oxygens (including phenoxy) is 1. The van der Waals surface area contributed by atoms with Gasteiger partial charge in [-0.2, -0.15) is 0 Å². The Morgan fingerprint density at radius 1 is 1.08 bits per heavy atom. The number of carbonyl (C=O) groups excluding carboxylic acids is 1. The fraction of sp³-hybridized carbons (Fsp3) is 0.419. The van der Waals surface area contributed by atoms with Crippen LogP contribution in [0.2, 0.25) is 0 Å². The van der Waals surface area contributed by atoms with E-state index in [1.807, 2.05) is 60.6 Å². The first kappa shape index (κ1) is 27.2. The number of nitrogens with zero attached hydrogens (tertiary/aromatic N) is 2. The summed E-state index contributed by atoms with van der Waals surface area (Å²) in [7, 11) is 0. The van der Waals surface area contributed by atoms with Crippen LogP contribution in [-0.2, 0) is 11.4 Å². The van der Waals surface area contributed by atoms with Crippen molar-refractivity contribution in [1.29, 1.82) is 0 Å². The number of aryl methyl sites for hydroxylation is 2. The topological polar surface area (TPSA) is 96.1 Å². The number of rotatable bonds is 9. The smallest absolute Gasteiger partial charge is 0.307 e. The maximum atomic E-state index is 12.9. The van der Waals surface area contributed by atoms with Crippen LogP contribution in [0.5, 0.6) is 5.75 Å². The van der Waals surface area contributed by atoms with Crippen molar-refractivity contribution in [2.75, 3.05) is 26.2 Å². The summed E-state index contributed by atoms with van der Waals surface area (Å²) in [5.74, 6) is 0.394. The quantitative estimate of drug-likeness (QED) is 0.444. The number of carboxylic acid groups (broad SMARTS) is 1. The molecule has 0 aromatic heterocycles. The van der Waals surface area contributed by atoms with E-state index in [4.69, 9.17) is 10.5 Å². The highest BCUT2D eigenvalue weighted by Gasteiger charge is 2.59. The number of fused-ring (bicyclic) bond motifs is 1. The Morgan fingerprint density at radius 2 is 1.79 bits per heavy atom. The summed E-state index contributed by atoms with van der Waals surface area (Å²) >= 11 is 1.46. The van der Waals surface area contributed by atoms with Crippen LogP contribution < -0.4 is 10.5 Å². The molecule has 1 saturated carbocycles. The lowest BCUT2D eigenvalue weighted by atomic mass is 10.0. The van der Waals surface area contributed by atoms with E-state index in [0.29, 0.717) is 18.1 Å². The second-order valence-electron chi connectivity index (χ2n) is 11.0. The van der Waals surface area contributed by atoms with Gasteiger partial charge in [-0.15, -0.1) is 0 Å². The summed E-state index contributed by atoms with van der Waals surface area (Å²) in [6.45, 7) is 11.7. The fourth-order valence-corrected chi connectivity index (χ4v) is 6.48. The molecule has 7 nitrogen and oxygen atoms in total. The molecule has 206 valence electrons. The molecule has 3 fully saturated rings. The van der Waals surface area contributed by atoms with E-state index in [1.54, 1.807) is 0 Å². The number of likely N-dealkylation sites (tertiary alicyclic amines) is 2. The number of carboxylic acids is 1. The van der Waals surface area contributed by atoms with Gasteiger partial charge in [0.1, 0.15) is 12.4 Å². The molecule has 0 radical (unpaired) electrons. The number of carbonyl (C=O) groups is 2. The van der Waals surface area contributed by atoms with E-state index in [9.17, 15) is 14.7 Å². The molecule has 0 spiro atoms. The molecule has 39 heavy (non-hydrogen) atoms. The van der Waals surface area contributed by atoms with Gasteiger partial charge >= 0.3 is 5.97 Å². The van der Waals surface area contributed by atoms with E-state index in [-0.39, 0.29) is 23.7 Å². The highest BCUT2D eigenvalue weighted by atomic mass is 32.2. The van der Waals surface area contributed by atoms with Crippen molar-refractivity contribution < 1.29 is 19.4 Å². The molecule has 1 aliphatic carbocycles. The normalized spacial score (nSPS) is 22.4. The summed E-state index contributed by atoms with van der Waals surface area (Å²) in [6.07, 6.45) is 3.35. The minimum Gasteiger partial charge on any atom is -0.488 e. The molecular formula is C31H37N3O4S. The minimum atomic E-state index is -0.684. The first-order valence-electron chi connectivity index (χ1n) is 13.6. The molecule has 2 aliphatic heterocycles. The lowest BCUT2D eigenvalue weighted by Gasteiger charge is -2.27. The Kier molecular flexibility index (Phi) is 7.93. The third-order valence-corrected chi connectivity index (χ3v) is 9.12. The van der Waals surface area contributed by atoms with E-state index < -0.39 is 5.97 Å². The molecule has 3 N–H and O–H groups in total. The van der Waals surface area contributed by atoms with E-state index in [2.05, 4.69) is 11.5 Å². The van der Waals surface area contributed by atoms with Gasteiger partial charge in [0.05, 0.1) is 10.9 Å². The Hall–Kier alpha value is -3.39. The zero-order valence-corrected chi connectivity index (χ0v) is 23.5. The molecule has 2 aromatic rings. The maximum Gasteiger partial charge on any atom is 0.307 e. The van der Waals surface area contributed by atoms with Crippen LogP contribution in [0.15, 0.2) is 53.4 Å². The highest BCUT2D eigenvalue weighted by molar-refractivity contribution is 8.05. The van der Waals surface area contributed by atoms with Crippen molar-refractivity contribution >= 4 is 29.3 Å².